The van der Waals surface area contributed by atoms with E-state index in [1.54, 1.807) is 42.3 Å². The van der Waals surface area contributed by atoms with Crippen LogP contribution in [-0.4, -0.2) is 70.9 Å². The number of aliphatic hydroxyl groups is 1. The fourth-order valence-electron chi connectivity index (χ4n) is 4.53. The first-order chi connectivity index (χ1) is 19.7. The molecule has 6 heterocycles. The van der Waals surface area contributed by atoms with Crippen LogP contribution in [0.2, 0.25) is 0 Å². The highest BCUT2D eigenvalue weighted by Gasteiger charge is 2.36. The molecule has 3 aliphatic rings. The van der Waals surface area contributed by atoms with E-state index in [1.807, 2.05) is 26.9 Å². The predicted molar refractivity (Wildman–Crippen MR) is 161 cm³/mol. The minimum absolute atomic E-state index is 0.222. The molecule has 6 rings (SSSR count). The molecule has 0 bridgehead atoms. The van der Waals surface area contributed by atoms with Gasteiger partial charge < -0.3 is 43.0 Å². The molecule has 0 saturated heterocycles. The Labute approximate surface area is 253 Å². The standard InChI is InChI=1S/C12H18O2S.C11H16O4S.C6H6O3S/c1-7-8(2)10(4)14-12-6-15-5-11(12)13-9(7)3;1-12-5-11(6-13-2)7-14-9-3-16-4-10(9)15-8-11;7-6-1-8-4-2-10-3-5(4)9-6/h5-10H,1-4H3;3-4H,5-8H2,1-2H3;2-3,6-7H,1H2. The monoisotopic (exact) mass is 628 g/mol. The van der Waals surface area contributed by atoms with Gasteiger partial charge in [-0.3, -0.25) is 0 Å². The minimum atomic E-state index is -0.804. The third kappa shape index (κ3) is 8.20. The molecule has 1 N–H and O–H groups in total. The van der Waals surface area contributed by atoms with Gasteiger partial charge in [0.25, 0.3) is 0 Å². The summed E-state index contributed by atoms with van der Waals surface area (Å²) < 4.78 is 43.8. The second-order valence-electron chi connectivity index (χ2n) is 10.5. The second kappa shape index (κ2) is 14.8. The van der Waals surface area contributed by atoms with Crippen molar-refractivity contribution >= 4 is 34.0 Å². The molecule has 0 aromatic carbocycles. The zero-order valence-corrected chi connectivity index (χ0v) is 26.8. The Morgan fingerprint density at radius 2 is 1.05 bits per heavy atom. The van der Waals surface area contributed by atoms with Crippen LogP contribution in [0.3, 0.4) is 0 Å². The molecule has 0 spiro atoms. The van der Waals surface area contributed by atoms with E-state index in [0.29, 0.717) is 44.0 Å². The molecule has 0 saturated carbocycles. The van der Waals surface area contributed by atoms with Crippen molar-refractivity contribution in [3.05, 3.63) is 32.3 Å². The molecule has 0 aliphatic carbocycles. The van der Waals surface area contributed by atoms with Crippen molar-refractivity contribution in [2.75, 3.05) is 47.3 Å². The van der Waals surface area contributed by atoms with Gasteiger partial charge in [-0.15, -0.1) is 34.0 Å². The molecule has 0 fully saturated rings. The molecule has 3 aromatic heterocycles. The summed E-state index contributed by atoms with van der Waals surface area (Å²) in [5, 5.41) is 20.5. The van der Waals surface area contributed by atoms with E-state index in [9.17, 15) is 0 Å². The molecule has 9 nitrogen and oxygen atoms in total. The lowest BCUT2D eigenvalue weighted by molar-refractivity contribution is -0.0663. The van der Waals surface area contributed by atoms with Gasteiger partial charge in [-0.1, -0.05) is 13.8 Å². The fourth-order valence-corrected chi connectivity index (χ4v) is 6.54. The van der Waals surface area contributed by atoms with Crippen molar-refractivity contribution in [1.82, 2.24) is 0 Å². The van der Waals surface area contributed by atoms with Crippen LogP contribution in [0.25, 0.3) is 0 Å². The van der Waals surface area contributed by atoms with Crippen LogP contribution in [0, 0.1) is 17.3 Å². The highest BCUT2D eigenvalue weighted by Crippen LogP contribution is 2.39. The number of thiophene rings is 3. The first-order valence-corrected chi connectivity index (χ1v) is 16.3. The molecule has 3 aliphatic heterocycles. The first kappa shape index (κ1) is 31.7. The highest BCUT2D eigenvalue weighted by molar-refractivity contribution is 7.09. The zero-order chi connectivity index (χ0) is 29.4. The maximum Gasteiger partial charge on any atom is 0.232 e. The van der Waals surface area contributed by atoms with Gasteiger partial charge in [0, 0.05) is 46.5 Å². The van der Waals surface area contributed by atoms with Crippen LogP contribution >= 0.6 is 34.0 Å². The summed E-state index contributed by atoms with van der Waals surface area (Å²) in [7, 11) is 3.36. The Morgan fingerprint density at radius 3 is 1.49 bits per heavy atom. The van der Waals surface area contributed by atoms with Gasteiger partial charge in [0.15, 0.2) is 41.1 Å². The lowest BCUT2D eigenvalue weighted by atomic mass is 9.87. The van der Waals surface area contributed by atoms with Crippen LogP contribution < -0.4 is 28.4 Å². The van der Waals surface area contributed by atoms with Gasteiger partial charge in [-0.2, -0.15) is 0 Å². The van der Waals surface area contributed by atoms with Gasteiger partial charge in [-0.05, 0) is 25.7 Å². The Kier molecular flexibility index (Phi) is 11.4. The van der Waals surface area contributed by atoms with Crippen LogP contribution in [0.4, 0.5) is 0 Å². The van der Waals surface area contributed by atoms with Crippen molar-refractivity contribution in [1.29, 1.82) is 0 Å². The number of ether oxygens (including phenoxy) is 8. The first-order valence-electron chi connectivity index (χ1n) is 13.5. The van der Waals surface area contributed by atoms with Crippen molar-refractivity contribution < 1.29 is 43.0 Å². The summed E-state index contributed by atoms with van der Waals surface area (Å²) in [5.41, 5.74) is -0.222. The van der Waals surface area contributed by atoms with Gasteiger partial charge in [0.2, 0.25) is 6.29 Å². The summed E-state index contributed by atoms with van der Waals surface area (Å²) in [6.45, 7) is 11.2. The maximum absolute atomic E-state index is 8.93. The number of rotatable bonds is 4. The van der Waals surface area contributed by atoms with E-state index < -0.39 is 6.29 Å². The van der Waals surface area contributed by atoms with Gasteiger partial charge in [-0.25, -0.2) is 0 Å². The highest BCUT2D eigenvalue weighted by atomic mass is 32.1. The molecule has 0 radical (unpaired) electrons. The lowest BCUT2D eigenvalue weighted by Crippen LogP contribution is -2.41. The topological polar surface area (TPSA) is 94.1 Å². The Hall–Kier alpha value is -2.22. The molecular formula is C29H40O9S3. The van der Waals surface area contributed by atoms with E-state index in [2.05, 4.69) is 27.7 Å². The Balaban J connectivity index is 0.000000145. The van der Waals surface area contributed by atoms with Crippen LogP contribution in [0.1, 0.15) is 27.7 Å². The summed E-state index contributed by atoms with van der Waals surface area (Å²) in [6, 6.07) is 0. The van der Waals surface area contributed by atoms with Crippen molar-refractivity contribution in [3.63, 3.8) is 0 Å². The molecule has 0 amide bonds. The quantitative estimate of drug-likeness (QED) is 0.362. The number of methoxy groups -OCH3 is 2. The molecule has 5 unspecified atom stereocenters. The number of aliphatic hydroxyl groups excluding tert-OH is 1. The third-order valence-electron chi connectivity index (χ3n) is 7.33. The molecule has 5 atom stereocenters. The molecule has 41 heavy (non-hydrogen) atoms. The summed E-state index contributed by atoms with van der Waals surface area (Å²) in [5.74, 6) is 5.83. The smallest absolute Gasteiger partial charge is 0.232 e. The van der Waals surface area contributed by atoms with Gasteiger partial charge >= 0.3 is 0 Å². The zero-order valence-electron chi connectivity index (χ0n) is 24.3. The largest absolute Gasteiger partial charge is 0.488 e. The van der Waals surface area contributed by atoms with E-state index in [4.69, 9.17) is 43.0 Å². The summed E-state index contributed by atoms with van der Waals surface area (Å²) in [4.78, 5) is 0. The number of fused-ring (bicyclic) bond motifs is 3. The molecule has 3 aromatic rings. The average Bonchev–Trinajstić information content (AvgIpc) is 3.70. The maximum atomic E-state index is 8.93. The summed E-state index contributed by atoms with van der Waals surface area (Å²) >= 11 is 4.71. The number of hydrogen-bond acceptors (Lipinski definition) is 12. The molecule has 12 heteroatoms. The van der Waals surface area contributed by atoms with Crippen molar-refractivity contribution in [2.24, 2.45) is 17.3 Å². The third-order valence-corrected chi connectivity index (χ3v) is 9.43. The SMILES string of the molecule is CC1Oc2cscc2OC(C)C(C)C1C.COCC1(COC)COc2cscc2OC1.OC1COc2cscc2O1. The van der Waals surface area contributed by atoms with Crippen molar-refractivity contribution in [3.8, 4) is 34.5 Å². The molecular weight excluding hydrogens is 589 g/mol. The Morgan fingerprint density at radius 1 is 0.659 bits per heavy atom. The van der Waals surface area contributed by atoms with E-state index in [1.165, 1.54) is 11.3 Å². The van der Waals surface area contributed by atoms with Gasteiger partial charge in [0.1, 0.15) is 13.2 Å². The predicted octanol–water partition coefficient (Wildman–Crippen LogP) is 6.20. The summed E-state index contributed by atoms with van der Waals surface area (Å²) in [6.07, 6.45) is -0.304. The van der Waals surface area contributed by atoms with Crippen LogP contribution in [0.15, 0.2) is 32.3 Å². The van der Waals surface area contributed by atoms with Crippen LogP contribution in [0.5, 0.6) is 34.5 Å². The van der Waals surface area contributed by atoms with E-state index in [0.717, 1.165) is 28.7 Å². The minimum Gasteiger partial charge on any atom is -0.488 e. The van der Waals surface area contributed by atoms with Gasteiger partial charge in [0.05, 0.1) is 30.8 Å². The number of hydrogen-bond donors (Lipinski definition) is 1. The van der Waals surface area contributed by atoms with Crippen molar-refractivity contribution in [2.45, 2.75) is 46.2 Å². The average molecular weight is 629 g/mol. The van der Waals surface area contributed by atoms with Crippen LogP contribution in [-0.2, 0) is 9.47 Å². The second-order valence-corrected chi connectivity index (χ2v) is 12.7. The Bertz CT molecular complexity index is 1130. The van der Waals surface area contributed by atoms with E-state index >= 15 is 0 Å². The van der Waals surface area contributed by atoms with E-state index in [-0.39, 0.29) is 24.2 Å². The molecule has 228 valence electrons. The lowest BCUT2D eigenvalue weighted by Gasteiger charge is -2.33. The fraction of sp³-hybridized carbons (Fsp3) is 0.586. The normalized spacial score (nSPS) is 25.7.